The Bertz CT molecular complexity index is 376. The number of hydrogen-bond donors (Lipinski definition) is 0. The fraction of sp³-hybridized carbons (Fsp3) is 0.545. The number of fused-ring (bicyclic) bond motifs is 1. The third-order valence-electron chi connectivity index (χ3n) is 2.29. The first-order valence-corrected chi connectivity index (χ1v) is 6.24. The Hall–Kier alpha value is -1.27. The summed E-state index contributed by atoms with van der Waals surface area (Å²) in [6.45, 7) is 1.22. The monoisotopic (exact) mass is 258 g/mol. The second-order valence-electron chi connectivity index (χ2n) is 3.55. The molecule has 1 aliphatic heterocycles. The van der Waals surface area contributed by atoms with Crippen LogP contribution in [0.1, 0.15) is 6.42 Å². The van der Waals surface area contributed by atoms with Gasteiger partial charge in [0.15, 0.2) is 17.6 Å². The van der Waals surface area contributed by atoms with E-state index in [2.05, 4.69) is 4.74 Å². The molecular formula is C11H14O5S. The molecule has 5 nitrogen and oxygen atoms in total. The average Bonchev–Trinajstić information content (AvgIpc) is 2.81. The zero-order chi connectivity index (χ0) is 12.1. The molecule has 6 heteroatoms. The van der Waals surface area contributed by atoms with Crippen LogP contribution >= 0.6 is 11.3 Å². The SMILES string of the molecule is COC(=O)CCOCC1COc2cscc2O1. The number of hydrogen-bond acceptors (Lipinski definition) is 6. The topological polar surface area (TPSA) is 54.0 Å². The summed E-state index contributed by atoms with van der Waals surface area (Å²) in [4.78, 5) is 10.8. The molecule has 0 bridgehead atoms. The van der Waals surface area contributed by atoms with Gasteiger partial charge in [0.05, 0.1) is 26.7 Å². The number of esters is 1. The summed E-state index contributed by atoms with van der Waals surface area (Å²) in [7, 11) is 1.36. The lowest BCUT2D eigenvalue weighted by atomic mass is 10.3. The number of thiophene rings is 1. The van der Waals surface area contributed by atoms with Crippen LogP contribution in [0.2, 0.25) is 0 Å². The van der Waals surface area contributed by atoms with E-state index in [0.717, 1.165) is 11.5 Å². The minimum Gasteiger partial charge on any atom is -0.485 e. The van der Waals surface area contributed by atoms with Crippen LogP contribution in [0.5, 0.6) is 11.5 Å². The summed E-state index contributed by atoms with van der Waals surface area (Å²) in [5.41, 5.74) is 0. The Morgan fingerprint density at radius 2 is 2.35 bits per heavy atom. The highest BCUT2D eigenvalue weighted by Crippen LogP contribution is 2.35. The molecule has 1 atom stereocenters. The first kappa shape index (κ1) is 12.2. The standard InChI is InChI=1S/C11H14O5S/c1-13-11(12)2-3-14-4-8-5-15-9-6-17-7-10(9)16-8/h6-8H,2-5H2,1H3. The molecule has 0 saturated heterocycles. The normalized spacial score (nSPS) is 17.8. The lowest BCUT2D eigenvalue weighted by Gasteiger charge is -2.24. The van der Waals surface area contributed by atoms with Crippen molar-refractivity contribution in [2.45, 2.75) is 12.5 Å². The molecule has 2 rings (SSSR count). The maximum absolute atomic E-state index is 10.8. The molecule has 1 aromatic rings. The van der Waals surface area contributed by atoms with Gasteiger partial charge in [-0.2, -0.15) is 0 Å². The Kier molecular flexibility index (Phi) is 4.22. The van der Waals surface area contributed by atoms with Gasteiger partial charge in [-0.1, -0.05) is 0 Å². The third kappa shape index (κ3) is 3.34. The molecule has 17 heavy (non-hydrogen) atoms. The van der Waals surface area contributed by atoms with Gasteiger partial charge < -0.3 is 18.9 Å². The van der Waals surface area contributed by atoms with Crippen molar-refractivity contribution < 1.29 is 23.7 Å². The Morgan fingerprint density at radius 1 is 1.53 bits per heavy atom. The van der Waals surface area contributed by atoms with Crippen LogP contribution in [0.25, 0.3) is 0 Å². The van der Waals surface area contributed by atoms with Crippen LogP contribution < -0.4 is 9.47 Å². The summed E-state index contributed by atoms with van der Waals surface area (Å²) in [6.07, 6.45) is 0.142. The van der Waals surface area contributed by atoms with Gasteiger partial charge in [0.1, 0.15) is 6.61 Å². The lowest BCUT2D eigenvalue weighted by molar-refractivity contribution is -0.142. The Labute approximate surface area is 103 Å². The molecule has 94 valence electrons. The van der Waals surface area contributed by atoms with Crippen molar-refractivity contribution in [3.8, 4) is 11.5 Å². The maximum atomic E-state index is 10.8. The van der Waals surface area contributed by atoms with Gasteiger partial charge >= 0.3 is 5.97 Å². The molecule has 1 aromatic heterocycles. The van der Waals surface area contributed by atoms with Gasteiger partial charge in [-0.15, -0.1) is 11.3 Å². The van der Waals surface area contributed by atoms with Crippen LogP contribution in [-0.4, -0.2) is 39.0 Å². The predicted molar refractivity (Wildman–Crippen MR) is 61.7 cm³/mol. The van der Waals surface area contributed by atoms with Gasteiger partial charge in [-0.25, -0.2) is 0 Å². The molecule has 0 saturated carbocycles. The van der Waals surface area contributed by atoms with E-state index in [9.17, 15) is 4.79 Å². The molecule has 0 fully saturated rings. The summed E-state index contributed by atoms with van der Waals surface area (Å²) in [6, 6.07) is 0. The molecule has 0 aliphatic carbocycles. The van der Waals surface area contributed by atoms with Crippen LogP contribution in [0.15, 0.2) is 10.8 Å². The van der Waals surface area contributed by atoms with Crippen molar-refractivity contribution in [3.05, 3.63) is 10.8 Å². The van der Waals surface area contributed by atoms with Crippen molar-refractivity contribution in [1.82, 2.24) is 0 Å². The van der Waals surface area contributed by atoms with Crippen LogP contribution in [0.4, 0.5) is 0 Å². The summed E-state index contributed by atoms with van der Waals surface area (Å²) < 4.78 is 21.0. The van der Waals surface area contributed by atoms with Gasteiger partial charge in [0, 0.05) is 10.8 Å². The van der Waals surface area contributed by atoms with Gasteiger partial charge in [-0.05, 0) is 0 Å². The van der Waals surface area contributed by atoms with E-state index in [0.29, 0.717) is 19.8 Å². The first-order chi connectivity index (χ1) is 8.29. The highest BCUT2D eigenvalue weighted by atomic mass is 32.1. The van der Waals surface area contributed by atoms with E-state index in [4.69, 9.17) is 14.2 Å². The number of methoxy groups -OCH3 is 1. The van der Waals surface area contributed by atoms with Gasteiger partial charge in [0.2, 0.25) is 0 Å². The minimum absolute atomic E-state index is 0.116. The molecule has 0 N–H and O–H groups in total. The first-order valence-electron chi connectivity index (χ1n) is 5.30. The smallest absolute Gasteiger partial charge is 0.307 e. The molecule has 1 unspecified atom stereocenters. The van der Waals surface area contributed by atoms with Gasteiger partial charge in [0.25, 0.3) is 0 Å². The minimum atomic E-state index is -0.272. The van der Waals surface area contributed by atoms with E-state index < -0.39 is 0 Å². The van der Waals surface area contributed by atoms with Crippen molar-refractivity contribution in [2.24, 2.45) is 0 Å². The van der Waals surface area contributed by atoms with E-state index in [1.807, 2.05) is 10.8 Å². The molecule has 1 aliphatic rings. The Balaban J connectivity index is 1.67. The quantitative estimate of drug-likeness (QED) is 0.591. The highest BCUT2D eigenvalue weighted by Gasteiger charge is 2.21. The van der Waals surface area contributed by atoms with Crippen LogP contribution in [-0.2, 0) is 14.3 Å². The largest absolute Gasteiger partial charge is 0.485 e. The second kappa shape index (κ2) is 5.88. The van der Waals surface area contributed by atoms with E-state index >= 15 is 0 Å². The number of rotatable bonds is 5. The van der Waals surface area contributed by atoms with E-state index in [1.165, 1.54) is 7.11 Å². The molecule has 0 aromatic carbocycles. The van der Waals surface area contributed by atoms with Crippen molar-refractivity contribution >= 4 is 17.3 Å². The fourth-order valence-electron chi connectivity index (χ4n) is 1.42. The zero-order valence-corrected chi connectivity index (χ0v) is 10.3. The van der Waals surface area contributed by atoms with Crippen LogP contribution in [0.3, 0.4) is 0 Å². The Morgan fingerprint density at radius 3 is 3.18 bits per heavy atom. The molecule has 0 amide bonds. The molecule has 2 heterocycles. The summed E-state index contributed by atoms with van der Waals surface area (Å²) >= 11 is 1.54. The highest BCUT2D eigenvalue weighted by molar-refractivity contribution is 7.08. The second-order valence-corrected chi connectivity index (χ2v) is 4.30. The van der Waals surface area contributed by atoms with Crippen LogP contribution in [0, 0.1) is 0 Å². The number of ether oxygens (including phenoxy) is 4. The molecule has 0 spiro atoms. The van der Waals surface area contributed by atoms with Gasteiger partial charge in [-0.3, -0.25) is 4.79 Å². The van der Waals surface area contributed by atoms with E-state index in [-0.39, 0.29) is 18.5 Å². The van der Waals surface area contributed by atoms with Crippen molar-refractivity contribution in [3.63, 3.8) is 0 Å². The number of carbonyl (C=O) groups is 1. The lowest BCUT2D eigenvalue weighted by Crippen LogP contribution is -2.33. The average molecular weight is 258 g/mol. The molecular weight excluding hydrogens is 244 g/mol. The zero-order valence-electron chi connectivity index (χ0n) is 9.51. The molecule has 0 radical (unpaired) electrons. The summed E-state index contributed by atoms with van der Waals surface area (Å²) in [5, 5.41) is 3.81. The van der Waals surface area contributed by atoms with Crippen molar-refractivity contribution in [1.29, 1.82) is 0 Å². The number of carbonyl (C=O) groups excluding carboxylic acids is 1. The van der Waals surface area contributed by atoms with Crippen molar-refractivity contribution in [2.75, 3.05) is 26.9 Å². The summed E-state index contributed by atoms with van der Waals surface area (Å²) in [5.74, 6) is 1.29. The van der Waals surface area contributed by atoms with E-state index in [1.54, 1.807) is 11.3 Å². The fourth-order valence-corrected chi connectivity index (χ4v) is 2.09. The predicted octanol–water partition coefficient (Wildman–Crippen LogP) is 1.47. The maximum Gasteiger partial charge on any atom is 0.307 e. The third-order valence-corrected chi connectivity index (χ3v) is 2.99.